The molecule has 0 saturated carbocycles. The third kappa shape index (κ3) is 7.29. The fourth-order valence-corrected chi connectivity index (χ4v) is 1.85. The van der Waals surface area contributed by atoms with Crippen molar-refractivity contribution in [2.45, 2.75) is 18.6 Å². The zero-order chi connectivity index (χ0) is 15.5. The molecule has 1 aromatic rings. The first-order chi connectivity index (χ1) is 10.2. The van der Waals surface area contributed by atoms with Gasteiger partial charge in [0, 0.05) is 32.4 Å². The molecule has 6 heteroatoms. The molecule has 0 radical (unpaired) electrons. The molecular formula is C15H25NO5. The third-order valence-corrected chi connectivity index (χ3v) is 2.97. The number of hydrogen-bond acceptors (Lipinski definition) is 6. The van der Waals surface area contributed by atoms with Crippen molar-refractivity contribution in [1.29, 1.82) is 0 Å². The van der Waals surface area contributed by atoms with Crippen molar-refractivity contribution in [2.75, 3.05) is 40.6 Å². The van der Waals surface area contributed by atoms with Crippen molar-refractivity contribution in [3.8, 4) is 11.5 Å². The Bertz CT molecular complexity index is 382. The lowest BCUT2D eigenvalue weighted by atomic mass is 10.2. The zero-order valence-electron chi connectivity index (χ0n) is 12.6. The topological polar surface area (TPSA) is 80.2 Å². The molecule has 1 rings (SSSR count). The molecule has 21 heavy (non-hydrogen) atoms. The number of aliphatic hydroxyl groups excluding tert-OH is 2. The minimum Gasteiger partial charge on any atom is -0.497 e. The van der Waals surface area contributed by atoms with Crippen LogP contribution < -0.4 is 14.8 Å². The van der Waals surface area contributed by atoms with E-state index in [1.165, 1.54) is 0 Å². The second kappa shape index (κ2) is 10.4. The summed E-state index contributed by atoms with van der Waals surface area (Å²) in [5.74, 6) is 1.36. The van der Waals surface area contributed by atoms with E-state index in [1.807, 2.05) is 18.2 Å². The van der Waals surface area contributed by atoms with Crippen molar-refractivity contribution in [2.24, 2.45) is 0 Å². The molecule has 0 spiro atoms. The summed E-state index contributed by atoms with van der Waals surface area (Å²) in [4.78, 5) is 0. The molecule has 0 aliphatic carbocycles. The van der Waals surface area contributed by atoms with Crippen LogP contribution in [-0.2, 0) is 4.74 Å². The van der Waals surface area contributed by atoms with Gasteiger partial charge in [0.15, 0.2) is 0 Å². The third-order valence-electron chi connectivity index (χ3n) is 2.97. The van der Waals surface area contributed by atoms with Crippen LogP contribution in [0.4, 0.5) is 0 Å². The molecule has 0 aromatic heterocycles. The molecule has 1 aromatic carbocycles. The second-order valence-electron chi connectivity index (χ2n) is 4.72. The molecule has 120 valence electrons. The van der Waals surface area contributed by atoms with E-state index in [9.17, 15) is 5.11 Å². The maximum Gasteiger partial charge on any atom is 0.123 e. The SMILES string of the molecule is COCC(CCO)NCC(O)COc1cccc(OC)c1. The van der Waals surface area contributed by atoms with Crippen LogP contribution in [-0.4, -0.2) is 62.9 Å². The van der Waals surface area contributed by atoms with Crippen molar-refractivity contribution in [3.05, 3.63) is 24.3 Å². The van der Waals surface area contributed by atoms with Gasteiger partial charge in [-0.15, -0.1) is 0 Å². The van der Waals surface area contributed by atoms with Crippen molar-refractivity contribution in [1.82, 2.24) is 5.32 Å². The van der Waals surface area contributed by atoms with E-state index in [0.29, 0.717) is 31.1 Å². The monoisotopic (exact) mass is 299 g/mol. The van der Waals surface area contributed by atoms with E-state index >= 15 is 0 Å². The molecule has 2 atom stereocenters. The lowest BCUT2D eigenvalue weighted by molar-refractivity contribution is 0.0918. The van der Waals surface area contributed by atoms with E-state index in [0.717, 1.165) is 0 Å². The smallest absolute Gasteiger partial charge is 0.123 e. The Morgan fingerprint density at radius 3 is 2.62 bits per heavy atom. The molecule has 3 N–H and O–H groups in total. The van der Waals surface area contributed by atoms with Gasteiger partial charge in [0.25, 0.3) is 0 Å². The first-order valence-corrected chi connectivity index (χ1v) is 6.97. The van der Waals surface area contributed by atoms with Gasteiger partial charge in [-0.25, -0.2) is 0 Å². The predicted octanol–water partition coefficient (Wildman–Crippen LogP) is 0.422. The molecule has 0 heterocycles. The molecule has 0 aliphatic heterocycles. The van der Waals surface area contributed by atoms with E-state index in [1.54, 1.807) is 20.3 Å². The largest absolute Gasteiger partial charge is 0.497 e. The Hall–Kier alpha value is -1.34. The molecule has 2 unspecified atom stereocenters. The van der Waals surface area contributed by atoms with Gasteiger partial charge in [-0.05, 0) is 18.6 Å². The van der Waals surface area contributed by atoms with E-state index in [2.05, 4.69) is 5.32 Å². The highest BCUT2D eigenvalue weighted by atomic mass is 16.5. The number of nitrogens with one attached hydrogen (secondary N) is 1. The fourth-order valence-electron chi connectivity index (χ4n) is 1.85. The van der Waals surface area contributed by atoms with Gasteiger partial charge < -0.3 is 29.7 Å². The van der Waals surface area contributed by atoms with Gasteiger partial charge >= 0.3 is 0 Å². The average molecular weight is 299 g/mol. The Kier molecular flexibility index (Phi) is 8.77. The van der Waals surface area contributed by atoms with Crippen LogP contribution >= 0.6 is 0 Å². The summed E-state index contributed by atoms with van der Waals surface area (Å²) in [5.41, 5.74) is 0. The predicted molar refractivity (Wildman–Crippen MR) is 79.9 cm³/mol. The lowest BCUT2D eigenvalue weighted by Gasteiger charge is -2.19. The average Bonchev–Trinajstić information content (AvgIpc) is 2.51. The van der Waals surface area contributed by atoms with Crippen LogP contribution in [0.15, 0.2) is 24.3 Å². The maximum atomic E-state index is 9.90. The summed E-state index contributed by atoms with van der Waals surface area (Å²) in [7, 11) is 3.20. The molecule has 0 amide bonds. The normalized spacial score (nSPS) is 13.7. The number of benzene rings is 1. The maximum absolute atomic E-state index is 9.90. The zero-order valence-corrected chi connectivity index (χ0v) is 12.6. The van der Waals surface area contributed by atoms with Crippen LogP contribution in [0.1, 0.15) is 6.42 Å². The van der Waals surface area contributed by atoms with Gasteiger partial charge in [0.05, 0.1) is 13.7 Å². The van der Waals surface area contributed by atoms with Crippen LogP contribution in [0.5, 0.6) is 11.5 Å². The first kappa shape index (κ1) is 17.7. The number of methoxy groups -OCH3 is 2. The van der Waals surface area contributed by atoms with Gasteiger partial charge in [-0.2, -0.15) is 0 Å². The Balaban J connectivity index is 2.30. The molecule has 6 nitrogen and oxygen atoms in total. The summed E-state index contributed by atoms with van der Waals surface area (Å²) < 4.78 is 15.7. The summed E-state index contributed by atoms with van der Waals surface area (Å²) in [5, 5.41) is 22.0. The van der Waals surface area contributed by atoms with Crippen molar-refractivity contribution in [3.63, 3.8) is 0 Å². The molecule has 0 bridgehead atoms. The van der Waals surface area contributed by atoms with E-state index in [-0.39, 0.29) is 19.3 Å². The van der Waals surface area contributed by atoms with Crippen LogP contribution in [0, 0.1) is 0 Å². The Morgan fingerprint density at radius 1 is 1.19 bits per heavy atom. The standard InChI is InChI=1S/C15H25NO5/c1-19-10-12(6-7-17)16-9-13(18)11-21-15-5-3-4-14(8-15)20-2/h3-5,8,12-13,16-18H,6-7,9-11H2,1-2H3. The van der Waals surface area contributed by atoms with Gasteiger partial charge in [0.1, 0.15) is 24.2 Å². The molecular weight excluding hydrogens is 274 g/mol. The summed E-state index contributed by atoms with van der Waals surface area (Å²) >= 11 is 0. The number of rotatable bonds is 11. The van der Waals surface area contributed by atoms with Gasteiger partial charge in [-0.1, -0.05) is 6.07 Å². The number of hydrogen-bond donors (Lipinski definition) is 3. The molecule has 0 fully saturated rings. The molecule has 0 saturated heterocycles. The number of aliphatic hydroxyl groups is 2. The Morgan fingerprint density at radius 2 is 1.95 bits per heavy atom. The van der Waals surface area contributed by atoms with Crippen molar-refractivity contribution < 1.29 is 24.4 Å². The fraction of sp³-hybridized carbons (Fsp3) is 0.600. The molecule has 0 aliphatic rings. The number of ether oxygens (including phenoxy) is 3. The Labute approximate surface area is 125 Å². The van der Waals surface area contributed by atoms with Gasteiger partial charge in [0.2, 0.25) is 0 Å². The van der Waals surface area contributed by atoms with Gasteiger partial charge in [-0.3, -0.25) is 0 Å². The van der Waals surface area contributed by atoms with Crippen molar-refractivity contribution >= 4 is 0 Å². The summed E-state index contributed by atoms with van der Waals surface area (Å²) in [6, 6.07) is 7.25. The van der Waals surface area contributed by atoms with Crippen LogP contribution in [0.2, 0.25) is 0 Å². The van der Waals surface area contributed by atoms with E-state index < -0.39 is 6.10 Å². The quantitative estimate of drug-likeness (QED) is 0.549. The van der Waals surface area contributed by atoms with Crippen LogP contribution in [0.25, 0.3) is 0 Å². The van der Waals surface area contributed by atoms with E-state index in [4.69, 9.17) is 19.3 Å². The minimum atomic E-state index is -0.644. The highest BCUT2D eigenvalue weighted by Crippen LogP contribution is 2.18. The summed E-state index contributed by atoms with van der Waals surface area (Å²) in [6.45, 7) is 1.12. The second-order valence-corrected chi connectivity index (χ2v) is 4.72. The first-order valence-electron chi connectivity index (χ1n) is 6.97. The lowest BCUT2D eigenvalue weighted by Crippen LogP contribution is -2.40. The minimum absolute atomic E-state index is 0.0199. The highest BCUT2D eigenvalue weighted by Gasteiger charge is 2.11. The van der Waals surface area contributed by atoms with Crippen LogP contribution in [0.3, 0.4) is 0 Å². The summed E-state index contributed by atoms with van der Waals surface area (Å²) in [6.07, 6.45) is -0.0636. The highest BCUT2D eigenvalue weighted by molar-refractivity contribution is 5.32.